The van der Waals surface area contributed by atoms with Gasteiger partial charge in [-0.05, 0) is 6.07 Å². The van der Waals surface area contributed by atoms with Crippen LogP contribution in [0, 0.1) is 10.1 Å². The lowest BCUT2D eigenvalue weighted by Crippen LogP contribution is -2.17. The van der Waals surface area contributed by atoms with E-state index in [1.54, 1.807) is 0 Å². The second-order valence-electron chi connectivity index (χ2n) is 4.30. The molecule has 25 heavy (non-hydrogen) atoms. The van der Waals surface area contributed by atoms with Crippen molar-refractivity contribution in [2.24, 2.45) is 0 Å². The summed E-state index contributed by atoms with van der Waals surface area (Å²) in [6.07, 6.45) is -4.27. The molecule has 0 aliphatic carbocycles. The third-order valence-corrected chi connectivity index (χ3v) is 3.02. The summed E-state index contributed by atoms with van der Waals surface area (Å²) in [6, 6.07) is 0.672. The number of hydrogen-bond acceptors (Lipinski definition) is 7. The van der Waals surface area contributed by atoms with Crippen LogP contribution in [0.5, 0.6) is 0 Å². The second kappa shape index (κ2) is 7.83. The average Bonchev–Trinajstić information content (AvgIpc) is 2.53. The molecule has 0 saturated carbocycles. The van der Waals surface area contributed by atoms with E-state index in [4.69, 9.17) is 11.6 Å². The monoisotopic (exact) mass is 382 g/mol. The molecule has 1 rings (SSSR count). The lowest BCUT2D eigenvalue weighted by Gasteiger charge is -2.13. The summed E-state index contributed by atoms with van der Waals surface area (Å²) in [4.78, 5) is 32.8. The number of alkyl halides is 3. The maximum absolute atomic E-state index is 12.8. The quantitative estimate of drug-likeness (QED) is 0.361. The molecule has 1 aromatic carbocycles. The molecule has 0 aliphatic rings. The molecule has 0 unspecified atom stereocenters. The number of carbonyl (C=O) groups excluding carboxylic acids is 2. The van der Waals surface area contributed by atoms with E-state index in [1.807, 2.05) is 0 Å². The van der Waals surface area contributed by atoms with Gasteiger partial charge in [0.25, 0.3) is 5.69 Å². The first-order valence-electron chi connectivity index (χ1n) is 6.21. The van der Waals surface area contributed by atoms with E-state index in [0.717, 1.165) is 14.2 Å². The van der Waals surface area contributed by atoms with Crippen LogP contribution in [-0.4, -0.2) is 31.1 Å². The first-order chi connectivity index (χ1) is 11.5. The molecule has 0 heterocycles. The van der Waals surface area contributed by atoms with Crippen LogP contribution >= 0.6 is 11.6 Å². The van der Waals surface area contributed by atoms with Crippen molar-refractivity contribution >= 4 is 34.9 Å². The number of benzene rings is 1. The van der Waals surface area contributed by atoms with Crippen molar-refractivity contribution in [1.29, 1.82) is 0 Å². The molecule has 1 aromatic rings. The van der Waals surface area contributed by atoms with Gasteiger partial charge in [-0.15, -0.1) is 0 Å². The van der Waals surface area contributed by atoms with Crippen molar-refractivity contribution in [3.8, 4) is 0 Å². The predicted octanol–water partition coefficient (Wildman–Crippen LogP) is 2.91. The summed E-state index contributed by atoms with van der Waals surface area (Å²) in [5.41, 5.74) is -3.66. The number of methoxy groups -OCH3 is 2. The Bertz CT molecular complexity index is 748. The van der Waals surface area contributed by atoms with Gasteiger partial charge in [0.05, 0.1) is 35.8 Å². The van der Waals surface area contributed by atoms with Crippen LogP contribution in [0.15, 0.2) is 23.9 Å². The summed E-state index contributed by atoms with van der Waals surface area (Å²) >= 11 is 5.68. The third-order valence-electron chi connectivity index (χ3n) is 2.72. The van der Waals surface area contributed by atoms with Gasteiger partial charge in [0.2, 0.25) is 0 Å². The Balaban J connectivity index is 3.49. The molecule has 136 valence electrons. The zero-order valence-corrected chi connectivity index (χ0v) is 13.4. The number of carbonyl (C=O) groups is 2. The highest BCUT2D eigenvalue weighted by Crippen LogP contribution is 2.40. The number of nitro benzene ring substituents is 1. The number of nitrogens with one attached hydrogen (secondary N) is 1. The Kier molecular flexibility index (Phi) is 6.34. The molecule has 0 saturated heterocycles. The van der Waals surface area contributed by atoms with E-state index in [0.29, 0.717) is 12.1 Å². The fraction of sp³-hybridized carbons (Fsp3) is 0.231. The topological polar surface area (TPSA) is 108 Å². The van der Waals surface area contributed by atoms with Gasteiger partial charge >= 0.3 is 18.1 Å². The predicted molar refractivity (Wildman–Crippen MR) is 78.8 cm³/mol. The van der Waals surface area contributed by atoms with Crippen molar-refractivity contribution in [3.05, 3.63) is 44.6 Å². The van der Waals surface area contributed by atoms with Gasteiger partial charge in [0.1, 0.15) is 11.4 Å². The van der Waals surface area contributed by atoms with E-state index >= 15 is 0 Å². The molecule has 0 atom stereocenters. The summed E-state index contributed by atoms with van der Waals surface area (Å²) in [6.45, 7) is 0. The number of hydrogen-bond donors (Lipinski definition) is 1. The van der Waals surface area contributed by atoms with Crippen LogP contribution in [0.25, 0.3) is 0 Å². The minimum absolute atomic E-state index is 0.237. The number of esters is 2. The molecule has 0 aliphatic heterocycles. The fourth-order valence-electron chi connectivity index (χ4n) is 1.59. The van der Waals surface area contributed by atoms with E-state index in [9.17, 15) is 32.9 Å². The lowest BCUT2D eigenvalue weighted by atomic mass is 10.1. The van der Waals surface area contributed by atoms with Crippen LogP contribution in [0.3, 0.4) is 0 Å². The Morgan fingerprint density at radius 1 is 1.28 bits per heavy atom. The summed E-state index contributed by atoms with van der Waals surface area (Å²) in [7, 11) is 1.96. The number of nitro groups is 1. The fourth-order valence-corrected chi connectivity index (χ4v) is 1.85. The lowest BCUT2D eigenvalue weighted by molar-refractivity contribution is -0.384. The Labute approximate surface area is 143 Å². The molecular weight excluding hydrogens is 373 g/mol. The number of ether oxygens (including phenoxy) is 2. The van der Waals surface area contributed by atoms with Gasteiger partial charge in [0.15, 0.2) is 0 Å². The highest BCUT2D eigenvalue weighted by molar-refractivity contribution is 6.34. The molecule has 0 spiro atoms. The van der Waals surface area contributed by atoms with Crippen molar-refractivity contribution in [3.63, 3.8) is 0 Å². The summed E-state index contributed by atoms with van der Waals surface area (Å²) in [5, 5.41) is 12.5. The molecule has 12 heteroatoms. The molecule has 8 nitrogen and oxygen atoms in total. The Morgan fingerprint density at radius 2 is 1.88 bits per heavy atom. The first-order valence-corrected chi connectivity index (χ1v) is 6.59. The molecule has 1 N–H and O–H groups in total. The van der Waals surface area contributed by atoms with Crippen molar-refractivity contribution in [1.82, 2.24) is 0 Å². The third kappa shape index (κ3) is 5.08. The van der Waals surface area contributed by atoms with Gasteiger partial charge in [-0.25, -0.2) is 9.59 Å². The number of nitrogens with zero attached hydrogens (tertiary/aromatic N) is 1. The van der Waals surface area contributed by atoms with E-state index in [1.165, 1.54) is 0 Å². The molecule has 0 amide bonds. The molecule has 0 fully saturated rings. The van der Waals surface area contributed by atoms with Crippen LogP contribution in [0.1, 0.15) is 5.56 Å². The maximum Gasteiger partial charge on any atom is 0.416 e. The van der Waals surface area contributed by atoms with Crippen LogP contribution in [0.2, 0.25) is 5.02 Å². The van der Waals surface area contributed by atoms with Crippen LogP contribution < -0.4 is 5.32 Å². The normalized spacial score (nSPS) is 11.7. The van der Waals surface area contributed by atoms with Crippen molar-refractivity contribution < 1.29 is 37.2 Å². The maximum atomic E-state index is 12.8. The number of halogens is 4. The minimum atomic E-state index is -4.88. The molecule has 0 aromatic heterocycles. The Morgan fingerprint density at radius 3 is 2.32 bits per heavy atom. The highest BCUT2D eigenvalue weighted by atomic mass is 35.5. The SMILES string of the molecule is COC(=O)/C=C(/Nc1c(Cl)cc(C(F)(F)F)cc1[N+](=O)[O-])C(=O)OC. The standard InChI is InChI=1S/C13H10ClF3N2O6/c1-24-10(20)5-8(12(21)25-2)18-11-7(14)3-6(13(15,16)17)4-9(11)19(22)23/h3-5,18H,1-2H3/b8-5+. The van der Waals surface area contributed by atoms with Crippen molar-refractivity contribution in [2.75, 3.05) is 19.5 Å². The minimum Gasteiger partial charge on any atom is -0.466 e. The van der Waals surface area contributed by atoms with E-state index in [-0.39, 0.29) is 6.07 Å². The van der Waals surface area contributed by atoms with Gasteiger partial charge in [-0.3, -0.25) is 10.1 Å². The second-order valence-corrected chi connectivity index (χ2v) is 4.71. The number of anilines is 1. The van der Waals surface area contributed by atoms with Crippen molar-refractivity contribution in [2.45, 2.75) is 6.18 Å². The molecular formula is C13H10ClF3N2O6. The molecule has 0 bridgehead atoms. The highest BCUT2D eigenvalue weighted by Gasteiger charge is 2.35. The molecule has 0 radical (unpaired) electrons. The first kappa shape index (κ1) is 20.2. The van der Waals surface area contributed by atoms with Gasteiger partial charge < -0.3 is 14.8 Å². The average molecular weight is 383 g/mol. The van der Waals surface area contributed by atoms with E-state index in [2.05, 4.69) is 14.8 Å². The van der Waals surface area contributed by atoms with Crippen LogP contribution in [-0.2, 0) is 25.2 Å². The van der Waals surface area contributed by atoms with Gasteiger partial charge in [0, 0.05) is 6.07 Å². The largest absolute Gasteiger partial charge is 0.466 e. The van der Waals surface area contributed by atoms with Gasteiger partial charge in [-0.1, -0.05) is 11.6 Å². The summed E-state index contributed by atoms with van der Waals surface area (Å²) in [5.74, 6) is -2.14. The number of rotatable bonds is 5. The van der Waals surface area contributed by atoms with Crippen LogP contribution in [0.4, 0.5) is 24.5 Å². The van der Waals surface area contributed by atoms with Gasteiger partial charge in [-0.2, -0.15) is 13.2 Å². The zero-order chi connectivity index (χ0) is 19.4. The Hall–Kier alpha value is -2.82. The summed E-state index contributed by atoms with van der Waals surface area (Å²) < 4.78 is 47.0. The smallest absolute Gasteiger partial charge is 0.416 e. The zero-order valence-electron chi connectivity index (χ0n) is 12.6. The van der Waals surface area contributed by atoms with E-state index < -0.39 is 50.7 Å².